The molecule has 0 radical (unpaired) electrons. The van der Waals surface area contributed by atoms with Gasteiger partial charge in [0.1, 0.15) is 6.61 Å². The molecule has 1 aromatic heterocycles. The number of hydrogen-bond donors (Lipinski definition) is 0. The number of aromatic nitrogens is 1. The molecule has 5 heteroatoms. The van der Waals surface area contributed by atoms with Crippen LogP contribution in [0.4, 0.5) is 4.79 Å². The number of carbonyl (C=O) groups is 1. The Morgan fingerprint density at radius 2 is 2.04 bits per heavy atom. The van der Waals surface area contributed by atoms with Crippen LogP contribution < -0.4 is 0 Å². The van der Waals surface area contributed by atoms with Gasteiger partial charge in [0.2, 0.25) is 0 Å². The number of carbonyl (C=O) groups excluding carboxylic acids is 1. The SMILES string of the molecule is Cc1cccc(C2=CC3COCC(C2)N3C(=O)OCc2ccccc2)n1. The van der Waals surface area contributed by atoms with Crippen LogP contribution in [0, 0.1) is 6.92 Å². The topological polar surface area (TPSA) is 51.7 Å². The second-order valence-corrected chi connectivity index (χ2v) is 6.77. The Morgan fingerprint density at radius 1 is 1.19 bits per heavy atom. The summed E-state index contributed by atoms with van der Waals surface area (Å²) in [6.45, 7) is 3.29. The minimum atomic E-state index is -0.278. The van der Waals surface area contributed by atoms with Gasteiger partial charge >= 0.3 is 6.09 Å². The van der Waals surface area contributed by atoms with Crippen LogP contribution in [0.1, 0.15) is 23.4 Å². The van der Waals surface area contributed by atoms with E-state index in [-0.39, 0.29) is 24.8 Å². The third-order valence-electron chi connectivity index (χ3n) is 4.83. The molecule has 2 bridgehead atoms. The highest BCUT2D eigenvalue weighted by molar-refractivity contribution is 5.73. The van der Waals surface area contributed by atoms with Crippen LogP contribution in [-0.2, 0) is 16.1 Å². The molecule has 2 unspecified atom stereocenters. The number of morpholine rings is 1. The maximum Gasteiger partial charge on any atom is 0.411 e. The van der Waals surface area contributed by atoms with Crippen molar-refractivity contribution >= 4 is 11.7 Å². The van der Waals surface area contributed by atoms with Crippen molar-refractivity contribution in [1.29, 1.82) is 0 Å². The Hall–Kier alpha value is -2.66. The van der Waals surface area contributed by atoms with Gasteiger partial charge in [-0.1, -0.05) is 42.5 Å². The molecule has 1 amide bonds. The predicted octanol–water partition coefficient (Wildman–Crippen LogP) is 3.58. The summed E-state index contributed by atoms with van der Waals surface area (Å²) in [5.41, 5.74) is 4.15. The molecule has 2 aliphatic rings. The molecule has 5 nitrogen and oxygen atoms in total. The average molecular weight is 350 g/mol. The van der Waals surface area contributed by atoms with E-state index in [1.165, 1.54) is 5.57 Å². The van der Waals surface area contributed by atoms with Crippen molar-refractivity contribution in [3.05, 3.63) is 71.6 Å². The van der Waals surface area contributed by atoms with E-state index >= 15 is 0 Å². The van der Waals surface area contributed by atoms with Gasteiger partial charge in [0, 0.05) is 5.69 Å². The zero-order chi connectivity index (χ0) is 17.9. The summed E-state index contributed by atoms with van der Waals surface area (Å²) in [7, 11) is 0. The van der Waals surface area contributed by atoms with E-state index in [0.29, 0.717) is 13.2 Å². The van der Waals surface area contributed by atoms with Gasteiger partial charge in [-0.3, -0.25) is 9.88 Å². The number of hydrogen-bond acceptors (Lipinski definition) is 4. The minimum Gasteiger partial charge on any atom is -0.445 e. The molecule has 2 aromatic rings. The van der Waals surface area contributed by atoms with Gasteiger partial charge in [0.15, 0.2) is 0 Å². The van der Waals surface area contributed by atoms with Crippen LogP contribution in [0.25, 0.3) is 5.57 Å². The highest BCUT2D eigenvalue weighted by atomic mass is 16.6. The maximum absolute atomic E-state index is 12.7. The Balaban J connectivity index is 1.50. The summed E-state index contributed by atoms with van der Waals surface area (Å²) in [4.78, 5) is 19.1. The van der Waals surface area contributed by atoms with Gasteiger partial charge in [-0.2, -0.15) is 0 Å². The van der Waals surface area contributed by atoms with Gasteiger partial charge in [-0.15, -0.1) is 0 Å². The van der Waals surface area contributed by atoms with Crippen LogP contribution in [0.2, 0.25) is 0 Å². The van der Waals surface area contributed by atoms with E-state index in [4.69, 9.17) is 9.47 Å². The molecule has 1 fully saturated rings. The van der Waals surface area contributed by atoms with Crippen LogP contribution >= 0.6 is 0 Å². The average Bonchev–Trinajstić information content (AvgIpc) is 2.66. The van der Waals surface area contributed by atoms with Crippen LogP contribution in [0.15, 0.2) is 54.6 Å². The lowest BCUT2D eigenvalue weighted by Gasteiger charge is -2.43. The number of nitrogens with zero attached hydrogens (tertiary/aromatic N) is 2. The number of aryl methyl sites for hydroxylation is 1. The standard InChI is InChI=1S/C21H22N2O3/c1-15-6-5-9-20(22-15)17-10-18-13-25-14-19(11-17)23(18)21(24)26-12-16-7-3-2-4-8-16/h2-10,18-19H,11-14H2,1H3. The molecular weight excluding hydrogens is 328 g/mol. The first-order valence-electron chi connectivity index (χ1n) is 8.92. The van der Waals surface area contributed by atoms with Crippen molar-refractivity contribution in [3.63, 3.8) is 0 Å². The van der Waals surface area contributed by atoms with E-state index in [0.717, 1.165) is 23.4 Å². The molecule has 2 atom stereocenters. The zero-order valence-corrected chi connectivity index (χ0v) is 14.8. The van der Waals surface area contributed by atoms with Gasteiger partial charge < -0.3 is 9.47 Å². The first-order valence-corrected chi connectivity index (χ1v) is 8.92. The van der Waals surface area contributed by atoms with Crippen LogP contribution in [-0.4, -0.2) is 41.3 Å². The molecule has 0 spiro atoms. The predicted molar refractivity (Wildman–Crippen MR) is 98.4 cm³/mol. The molecule has 0 saturated carbocycles. The highest BCUT2D eigenvalue weighted by Crippen LogP contribution is 2.32. The molecule has 0 aliphatic carbocycles. The second-order valence-electron chi connectivity index (χ2n) is 6.77. The number of fused-ring (bicyclic) bond motifs is 2. The highest BCUT2D eigenvalue weighted by Gasteiger charge is 2.39. The third kappa shape index (κ3) is 3.48. The normalized spacial score (nSPS) is 21.9. The van der Waals surface area contributed by atoms with E-state index in [1.807, 2.05) is 60.4 Å². The summed E-state index contributed by atoms with van der Waals surface area (Å²) < 4.78 is 11.2. The smallest absolute Gasteiger partial charge is 0.411 e. The summed E-state index contributed by atoms with van der Waals surface area (Å²) in [6, 6.07) is 15.6. The van der Waals surface area contributed by atoms with Gasteiger partial charge in [0.05, 0.1) is 31.0 Å². The number of rotatable bonds is 3. The molecule has 0 N–H and O–H groups in total. The van der Waals surface area contributed by atoms with Crippen molar-refractivity contribution < 1.29 is 14.3 Å². The minimum absolute atomic E-state index is 0.0145. The van der Waals surface area contributed by atoms with Gasteiger partial charge in [-0.25, -0.2) is 4.79 Å². The number of amides is 1. The monoisotopic (exact) mass is 350 g/mol. The fourth-order valence-corrected chi connectivity index (χ4v) is 3.59. The largest absolute Gasteiger partial charge is 0.445 e. The molecule has 134 valence electrons. The second kappa shape index (κ2) is 7.30. The lowest BCUT2D eigenvalue weighted by molar-refractivity contribution is -0.0342. The van der Waals surface area contributed by atoms with E-state index in [1.54, 1.807) is 0 Å². The van der Waals surface area contributed by atoms with E-state index < -0.39 is 0 Å². The Labute approximate surface area is 153 Å². The zero-order valence-electron chi connectivity index (χ0n) is 14.8. The number of benzene rings is 1. The molecule has 26 heavy (non-hydrogen) atoms. The van der Waals surface area contributed by atoms with Gasteiger partial charge in [-0.05, 0) is 36.6 Å². The Bertz CT molecular complexity index is 819. The van der Waals surface area contributed by atoms with E-state index in [2.05, 4.69) is 11.1 Å². The van der Waals surface area contributed by atoms with Crippen LogP contribution in [0.5, 0.6) is 0 Å². The quantitative estimate of drug-likeness (QED) is 0.849. The maximum atomic E-state index is 12.7. The Morgan fingerprint density at radius 3 is 2.81 bits per heavy atom. The Kier molecular flexibility index (Phi) is 4.71. The lowest BCUT2D eigenvalue weighted by Crippen LogP contribution is -2.56. The van der Waals surface area contributed by atoms with Crippen molar-refractivity contribution in [3.8, 4) is 0 Å². The van der Waals surface area contributed by atoms with Crippen molar-refractivity contribution in [2.24, 2.45) is 0 Å². The fourth-order valence-electron chi connectivity index (χ4n) is 3.59. The summed E-state index contributed by atoms with van der Waals surface area (Å²) in [5.74, 6) is 0. The fraction of sp³-hybridized carbons (Fsp3) is 0.333. The number of ether oxygens (including phenoxy) is 2. The lowest BCUT2D eigenvalue weighted by atomic mass is 9.92. The third-order valence-corrected chi connectivity index (χ3v) is 4.83. The first kappa shape index (κ1) is 16.8. The van der Waals surface area contributed by atoms with Crippen molar-refractivity contribution in [2.75, 3.05) is 13.2 Å². The van der Waals surface area contributed by atoms with Gasteiger partial charge in [0.25, 0.3) is 0 Å². The molecule has 3 heterocycles. The summed E-state index contributed by atoms with van der Waals surface area (Å²) in [5, 5.41) is 0. The van der Waals surface area contributed by atoms with Crippen molar-refractivity contribution in [2.45, 2.75) is 32.0 Å². The first-order chi connectivity index (χ1) is 12.7. The molecule has 1 aromatic carbocycles. The molecule has 2 aliphatic heterocycles. The molecular formula is C21H22N2O3. The number of pyridine rings is 1. The van der Waals surface area contributed by atoms with E-state index in [9.17, 15) is 4.79 Å². The summed E-state index contributed by atoms with van der Waals surface area (Å²) >= 11 is 0. The summed E-state index contributed by atoms with van der Waals surface area (Å²) in [6.07, 6.45) is 2.55. The van der Waals surface area contributed by atoms with Crippen molar-refractivity contribution in [1.82, 2.24) is 9.88 Å². The van der Waals surface area contributed by atoms with Crippen LogP contribution in [0.3, 0.4) is 0 Å². The molecule has 1 saturated heterocycles. The molecule has 4 rings (SSSR count).